The van der Waals surface area contributed by atoms with Crippen molar-refractivity contribution in [2.75, 3.05) is 19.6 Å². The number of halogens is 2. The van der Waals surface area contributed by atoms with Crippen molar-refractivity contribution < 1.29 is 13.6 Å². The van der Waals surface area contributed by atoms with E-state index in [-0.39, 0.29) is 35.9 Å². The standard InChI is InChI=1S/C18H19FN2O2.ClH/c19-15-4-2-1-3-14(15)16-5-6-17(23-16)18(22)20-13-9-12-7-8-21(10-12)11-13;/h1-6,12-13H,7-11H2,(H,20,22);1H/t12-,13-;/m1./s1. The Kier molecular flexibility index (Phi) is 4.92. The molecule has 1 unspecified atom stereocenters. The van der Waals surface area contributed by atoms with Gasteiger partial charge in [-0.15, -0.1) is 12.4 Å². The van der Waals surface area contributed by atoms with Crippen LogP contribution in [0.1, 0.15) is 23.4 Å². The van der Waals surface area contributed by atoms with Gasteiger partial charge in [-0.2, -0.15) is 0 Å². The number of nitrogens with one attached hydrogen (secondary N) is 1. The molecule has 0 aliphatic carbocycles. The molecule has 2 aliphatic heterocycles. The zero-order valence-corrected chi connectivity index (χ0v) is 14.0. The number of carbonyl (C=O) groups is 1. The van der Waals surface area contributed by atoms with E-state index in [1.807, 2.05) is 0 Å². The van der Waals surface area contributed by atoms with Crippen molar-refractivity contribution in [2.45, 2.75) is 18.9 Å². The van der Waals surface area contributed by atoms with Crippen LogP contribution in [0, 0.1) is 11.7 Å². The van der Waals surface area contributed by atoms with Crippen molar-refractivity contribution in [3.63, 3.8) is 0 Å². The predicted molar refractivity (Wildman–Crippen MR) is 91.8 cm³/mol. The highest BCUT2D eigenvalue weighted by atomic mass is 35.5. The van der Waals surface area contributed by atoms with Crippen LogP contribution in [0.25, 0.3) is 11.3 Å². The Bertz CT molecular complexity index is 721. The number of furan rings is 1. The number of carbonyl (C=O) groups excluding carboxylic acids is 1. The summed E-state index contributed by atoms with van der Waals surface area (Å²) in [5, 5.41) is 3.05. The van der Waals surface area contributed by atoms with Crippen LogP contribution in [0.15, 0.2) is 40.8 Å². The molecule has 2 aromatic rings. The van der Waals surface area contributed by atoms with E-state index in [0.717, 1.165) is 26.1 Å². The van der Waals surface area contributed by atoms with Gasteiger partial charge in [-0.3, -0.25) is 4.79 Å². The molecule has 2 saturated heterocycles. The van der Waals surface area contributed by atoms with Crippen LogP contribution >= 0.6 is 12.4 Å². The van der Waals surface area contributed by atoms with E-state index in [0.29, 0.717) is 17.2 Å². The van der Waals surface area contributed by atoms with Crippen LogP contribution in [0.4, 0.5) is 4.39 Å². The first-order valence-electron chi connectivity index (χ1n) is 8.07. The molecule has 1 aromatic carbocycles. The first kappa shape index (κ1) is 17.0. The number of piperidine rings is 1. The molecule has 2 bridgehead atoms. The number of rotatable bonds is 3. The highest BCUT2D eigenvalue weighted by Crippen LogP contribution is 2.28. The van der Waals surface area contributed by atoms with Crippen LogP contribution in [0.5, 0.6) is 0 Å². The molecule has 1 N–H and O–H groups in total. The van der Waals surface area contributed by atoms with Crippen molar-refractivity contribution in [3.05, 3.63) is 48.0 Å². The Morgan fingerprint density at radius 1 is 1.21 bits per heavy atom. The van der Waals surface area contributed by atoms with Crippen LogP contribution < -0.4 is 5.32 Å². The van der Waals surface area contributed by atoms with Crippen molar-refractivity contribution in [1.29, 1.82) is 0 Å². The number of fused-ring (bicyclic) bond motifs is 2. The molecule has 0 spiro atoms. The van der Waals surface area contributed by atoms with Gasteiger partial charge in [0.25, 0.3) is 5.91 Å². The lowest BCUT2D eigenvalue weighted by Crippen LogP contribution is -2.46. The Hall–Kier alpha value is -1.85. The van der Waals surface area contributed by atoms with E-state index in [4.69, 9.17) is 4.42 Å². The Morgan fingerprint density at radius 2 is 2.04 bits per heavy atom. The van der Waals surface area contributed by atoms with E-state index < -0.39 is 0 Å². The molecule has 0 saturated carbocycles. The molecule has 24 heavy (non-hydrogen) atoms. The molecular weight excluding hydrogens is 331 g/mol. The number of nitrogens with zero attached hydrogens (tertiary/aromatic N) is 1. The fourth-order valence-electron chi connectivity index (χ4n) is 3.69. The van der Waals surface area contributed by atoms with Crippen molar-refractivity contribution in [2.24, 2.45) is 5.92 Å². The average Bonchev–Trinajstić information content (AvgIpc) is 3.15. The normalized spacial score (nSPS) is 25.1. The van der Waals surface area contributed by atoms with Gasteiger partial charge in [0, 0.05) is 19.1 Å². The second-order valence-corrected chi connectivity index (χ2v) is 6.46. The minimum atomic E-state index is -0.356. The smallest absolute Gasteiger partial charge is 0.287 e. The fraction of sp³-hybridized carbons (Fsp3) is 0.389. The largest absolute Gasteiger partial charge is 0.451 e. The lowest BCUT2D eigenvalue weighted by molar-refractivity contribution is 0.0882. The second kappa shape index (κ2) is 6.95. The first-order chi connectivity index (χ1) is 11.2. The second-order valence-electron chi connectivity index (χ2n) is 6.46. The van der Waals surface area contributed by atoms with Gasteiger partial charge in [0.15, 0.2) is 5.76 Å². The molecular formula is C18H20ClFN2O2. The van der Waals surface area contributed by atoms with Gasteiger partial charge < -0.3 is 14.6 Å². The lowest BCUT2D eigenvalue weighted by Gasteiger charge is -2.30. The topological polar surface area (TPSA) is 45.5 Å². The molecule has 2 fully saturated rings. The fourth-order valence-corrected chi connectivity index (χ4v) is 3.69. The van der Waals surface area contributed by atoms with Crippen molar-refractivity contribution in [3.8, 4) is 11.3 Å². The third kappa shape index (κ3) is 3.32. The minimum absolute atomic E-state index is 0. The highest BCUT2D eigenvalue weighted by Gasteiger charge is 2.33. The quantitative estimate of drug-likeness (QED) is 0.923. The third-order valence-corrected chi connectivity index (χ3v) is 4.77. The average molecular weight is 351 g/mol. The van der Waals surface area contributed by atoms with E-state index in [1.165, 1.54) is 12.5 Å². The number of hydrogen-bond acceptors (Lipinski definition) is 3. The number of benzene rings is 1. The molecule has 4 nitrogen and oxygen atoms in total. The zero-order valence-electron chi connectivity index (χ0n) is 13.2. The zero-order chi connectivity index (χ0) is 15.8. The van der Waals surface area contributed by atoms with E-state index in [1.54, 1.807) is 30.3 Å². The van der Waals surface area contributed by atoms with Crippen molar-refractivity contribution >= 4 is 18.3 Å². The number of hydrogen-bond donors (Lipinski definition) is 1. The first-order valence-corrected chi connectivity index (χ1v) is 8.07. The Balaban J connectivity index is 0.00000169. The van der Waals surface area contributed by atoms with Crippen LogP contribution in [-0.2, 0) is 0 Å². The summed E-state index contributed by atoms with van der Waals surface area (Å²) >= 11 is 0. The molecule has 0 radical (unpaired) electrons. The monoisotopic (exact) mass is 350 g/mol. The summed E-state index contributed by atoms with van der Waals surface area (Å²) in [6, 6.07) is 9.81. The molecule has 4 rings (SSSR count). The SMILES string of the molecule is Cl.O=C(N[C@@H]1C[C@H]2CCN(C2)C1)c1ccc(-c2ccccc2F)o1. The number of amides is 1. The van der Waals surface area contributed by atoms with Crippen molar-refractivity contribution in [1.82, 2.24) is 10.2 Å². The van der Waals surface area contributed by atoms with Gasteiger partial charge in [0.05, 0.1) is 5.56 Å². The summed E-state index contributed by atoms with van der Waals surface area (Å²) < 4.78 is 19.3. The minimum Gasteiger partial charge on any atom is -0.451 e. The highest BCUT2D eigenvalue weighted by molar-refractivity contribution is 5.92. The summed E-state index contributed by atoms with van der Waals surface area (Å²) in [6.45, 7) is 3.20. The van der Waals surface area contributed by atoms with Gasteiger partial charge in [0.1, 0.15) is 11.6 Å². The summed E-state index contributed by atoms with van der Waals surface area (Å²) in [7, 11) is 0. The maximum absolute atomic E-state index is 13.8. The predicted octanol–water partition coefficient (Wildman–Crippen LogP) is 3.33. The third-order valence-electron chi connectivity index (χ3n) is 4.77. The van der Waals surface area contributed by atoms with Crippen LogP contribution in [0.2, 0.25) is 0 Å². The molecule has 1 aromatic heterocycles. The van der Waals surface area contributed by atoms with E-state index in [2.05, 4.69) is 10.2 Å². The Morgan fingerprint density at radius 3 is 2.83 bits per heavy atom. The molecule has 128 valence electrons. The maximum Gasteiger partial charge on any atom is 0.287 e. The Labute approximate surface area is 146 Å². The summed E-state index contributed by atoms with van der Waals surface area (Å²) in [5.74, 6) is 0.724. The molecule has 1 amide bonds. The van der Waals surface area contributed by atoms with Gasteiger partial charge in [-0.25, -0.2) is 4.39 Å². The van der Waals surface area contributed by atoms with Gasteiger partial charge in [0.2, 0.25) is 0 Å². The summed E-state index contributed by atoms with van der Waals surface area (Å²) in [6.07, 6.45) is 2.26. The molecule has 2 aliphatic rings. The lowest BCUT2D eigenvalue weighted by atomic mass is 9.97. The van der Waals surface area contributed by atoms with Gasteiger partial charge >= 0.3 is 0 Å². The summed E-state index contributed by atoms with van der Waals surface area (Å²) in [4.78, 5) is 14.8. The van der Waals surface area contributed by atoms with Crippen LogP contribution in [0.3, 0.4) is 0 Å². The van der Waals surface area contributed by atoms with E-state index in [9.17, 15) is 9.18 Å². The van der Waals surface area contributed by atoms with Crippen LogP contribution in [-0.4, -0.2) is 36.5 Å². The molecule has 6 heteroatoms. The maximum atomic E-state index is 13.8. The molecule has 3 heterocycles. The van der Waals surface area contributed by atoms with Gasteiger partial charge in [-0.1, -0.05) is 12.1 Å². The summed E-state index contributed by atoms with van der Waals surface area (Å²) in [5.41, 5.74) is 0.369. The van der Waals surface area contributed by atoms with Gasteiger partial charge in [-0.05, 0) is 49.6 Å². The van der Waals surface area contributed by atoms with E-state index >= 15 is 0 Å². The molecule has 3 atom stereocenters.